The minimum Gasteiger partial charge on any atom is -0.502 e. The van der Waals surface area contributed by atoms with E-state index in [0.29, 0.717) is 17.8 Å². The fourth-order valence-corrected chi connectivity index (χ4v) is 9.37. The first-order chi connectivity index (χ1) is 11.2. The van der Waals surface area contributed by atoms with Gasteiger partial charge in [-0.2, -0.15) is 0 Å². The number of carbonyl (C=O) groups is 2. The maximum atomic E-state index is 12.2. The van der Waals surface area contributed by atoms with Crippen molar-refractivity contribution in [1.29, 1.82) is 0 Å². The lowest BCUT2D eigenvalue weighted by atomic mass is 10.2. The molecule has 146 valence electrons. The van der Waals surface area contributed by atoms with E-state index in [1.807, 2.05) is 19.6 Å². The van der Waals surface area contributed by atoms with Gasteiger partial charge in [0.1, 0.15) is 0 Å². The van der Waals surface area contributed by atoms with Crippen LogP contribution < -0.4 is 0 Å². The monoisotopic (exact) mass is 388 g/mol. The van der Waals surface area contributed by atoms with Crippen LogP contribution in [0.4, 0.5) is 9.59 Å². The van der Waals surface area contributed by atoms with Crippen molar-refractivity contribution in [3.8, 4) is 0 Å². The topological polar surface area (TPSA) is 77.3 Å². The summed E-state index contributed by atoms with van der Waals surface area (Å²) < 4.78 is 11.0. The van der Waals surface area contributed by atoms with Gasteiger partial charge in [0, 0.05) is 0 Å². The van der Waals surface area contributed by atoms with E-state index in [1.165, 1.54) is 0 Å². The third kappa shape index (κ3) is 12.0. The Morgan fingerprint density at radius 1 is 0.720 bits per heavy atom. The van der Waals surface area contributed by atoms with Crippen molar-refractivity contribution in [2.45, 2.75) is 79.3 Å². The molecule has 25 heavy (non-hydrogen) atoms. The van der Waals surface area contributed by atoms with Crippen molar-refractivity contribution in [2.24, 2.45) is 28.0 Å². The molecule has 0 fully saturated rings. The second kappa shape index (κ2) is 10.2. The van der Waals surface area contributed by atoms with Crippen LogP contribution in [0, 0.1) is 17.8 Å². The van der Waals surface area contributed by atoms with E-state index in [1.54, 1.807) is 0 Å². The van der Waals surface area contributed by atoms with Crippen molar-refractivity contribution in [1.82, 2.24) is 0 Å². The Bertz CT molecular complexity index is 445. The number of amides is 2. The van der Waals surface area contributed by atoms with Crippen LogP contribution in [0.2, 0.25) is 37.8 Å². The lowest BCUT2D eigenvalue weighted by Crippen LogP contribution is -2.43. The van der Waals surface area contributed by atoms with Crippen LogP contribution in [0.5, 0.6) is 0 Å². The molecule has 6 nitrogen and oxygen atoms in total. The van der Waals surface area contributed by atoms with Crippen LogP contribution in [-0.2, 0) is 8.85 Å². The molecule has 0 N–H and O–H groups in total. The number of azo groups is 1. The van der Waals surface area contributed by atoms with Crippen molar-refractivity contribution < 1.29 is 18.4 Å². The minimum absolute atomic E-state index is 0.436. The number of rotatable bonds is 8. The Hall–Kier alpha value is -1.03. The van der Waals surface area contributed by atoms with Gasteiger partial charge in [-0.1, -0.05) is 51.8 Å². The minimum atomic E-state index is -2.31. The molecule has 0 saturated heterocycles. The van der Waals surface area contributed by atoms with Crippen molar-refractivity contribution >= 4 is 28.8 Å². The zero-order valence-corrected chi connectivity index (χ0v) is 19.4. The summed E-state index contributed by atoms with van der Waals surface area (Å²) in [6.07, 6.45) is -1.58. The van der Waals surface area contributed by atoms with Crippen LogP contribution in [0.1, 0.15) is 41.5 Å². The van der Waals surface area contributed by atoms with Crippen LogP contribution >= 0.6 is 0 Å². The normalized spacial score (nSPS) is 13.1. The van der Waals surface area contributed by atoms with E-state index in [4.69, 9.17) is 8.85 Å². The molecule has 0 saturated carbocycles. The predicted molar refractivity (Wildman–Crippen MR) is 106 cm³/mol. The van der Waals surface area contributed by atoms with Crippen molar-refractivity contribution in [2.75, 3.05) is 0 Å². The van der Waals surface area contributed by atoms with Crippen molar-refractivity contribution in [3.05, 3.63) is 0 Å². The molecule has 0 aliphatic rings. The van der Waals surface area contributed by atoms with Gasteiger partial charge in [-0.15, -0.1) is 0 Å². The van der Waals surface area contributed by atoms with E-state index >= 15 is 0 Å². The first-order valence-corrected chi connectivity index (χ1v) is 15.1. The first-order valence-electron chi connectivity index (χ1n) is 9.12. The Morgan fingerprint density at radius 3 is 1.32 bits per heavy atom. The van der Waals surface area contributed by atoms with E-state index in [9.17, 15) is 9.59 Å². The highest BCUT2D eigenvalue weighted by molar-refractivity contribution is 6.75. The average Bonchev–Trinajstić information content (AvgIpc) is 2.30. The Balaban J connectivity index is 5.20. The molecule has 0 aliphatic heterocycles. The Labute approximate surface area is 155 Å². The summed E-state index contributed by atoms with van der Waals surface area (Å²) in [4.78, 5) is 23.8. The summed E-state index contributed by atoms with van der Waals surface area (Å²) >= 11 is 0. The van der Waals surface area contributed by atoms with Crippen LogP contribution in [0.3, 0.4) is 0 Å². The maximum Gasteiger partial charge on any atom is 0.439 e. The number of hydrogen-bond acceptors (Lipinski definition) is 4. The summed E-state index contributed by atoms with van der Waals surface area (Å²) in [5.74, 6) is 1.31. The van der Waals surface area contributed by atoms with E-state index in [0.717, 1.165) is 18.1 Å². The van der Waals surface area contributed by atoms with Crippen LogP contribution in [0.25, 0.3) is 0 Å². The zero-order chi connectivity index (χ0) is 19.8. The SMILES string of the molecule is CC(C)C[Si](CC(C)C)(CC(C)C)OC(=O)N=NC(=O)O[Si](C)(C)C. The summed E-state index contributed by atoms with van der Waals surface area (Å²) in [5.41, 5.74) is 0. The van der Waals surface area contributed by atoms with Crippen molar-refractivity contribution in [3.63, 3.8) is 0 Å². The predicted octanol–water partition coefficient (Wildman–Crippen LogP) is 6.46. The zero-order valence-electron chi connectivity index (χ0n) is 17.4. The van der Waals surface area contributed by atoms with Gasteiger partial charge < -0.3 is 8.85 Å². The molecule has 0 aromatic rings. The molecule has 0 aromatic carbocycles. The molecule has 0 rings (SSSR count). The second-order valence-corrected chi connectivity index (χ2v) is 17.2. The van der Waals surface area contributed by atoms with Gasteiger partial charge in [-0.05, 0) is 55.5 Å². The summed E-state index contributed by atoms with van der Waals surface area (Å²) in [5, 5.41) is 6.84. The van der Waals surface area contributed by atoms with Crippen LogP contribution in [-0.4, -0.2) is 28.8 Å². The first kappa shape index (κ1) is 24.0. The fraction of sp³-hybridized carbons (Fsp3) is 0.882. The Kier molecular flexibility index (Phi) is 9.78. The molecule has 0 atom stereocenters. The largest absolute Gasteiger partial charge is 0.502 e. The highest BCUT2D eigenvalue weighted by Crippen LogP contribution is 2.33. The van der Waals surface area contributed by atoms with E-state index in [-0.39, 0.29) is 0 Å². The number of nitrogens with zero attached hydrogens (tertiary/aromatic N) is 2. The van der Waals surface area contributed by atoms with Gasteiger partial charge >= 0.3 is 12.2 Å². The van der Waals surface area contributed by atoms with Gasteiger partial charge in [-0.3, -0.25) is 0 Å². The van der Waals surface area contributed by atoms with Gasteiger partial charge in [-0.25, -0.2) is 9.59 Å². The smallest absolute Gasteiger partial charge is 0.439 e. The maximum absolute atomic E-state index is 12.2. The molecule has 2 amide bonds. The van der Waals surface area contributed by atoms with Gasteiger partial charge in [0.25, 0.3) is 8.32 Å². The summed E-state index contributed by atoms with van der Waals surface area (Å²) in [7, 11) is -4.36. The highest BCUT2D eigenvalue weighted by Gasteiger charge is 2.40. The van der Waals surface area contributed by atoms with Gasteiger partial charge in [0.15, 0.2) is 0 Å². The highest BCUT2D eigenvalue weighted by atomic mass is 28.4. The molecular weight excluding hydrogens is 352 g/mol. The number of hydrogen-bond donors (Lipinski definition) is 0. The quantitative estimate of drug-likeness (QED) is 0.353. The molecule has 0 spiro atoms. The molecule has 0 unspecified atom stereocenters. The molecular formula is C17H36N2O4Si2. The lowest BCUT2D eigenvalue weighted by molar-refractivity contribution is 0.196. The lowest BCUT2D eigenvalue weighted by Gasteiger charge is -2.34. The van der Waals surface area contributed by atoms with Gasteiger partial charge in [0.2, 0.25) is 8.32 Å². The van der Waals surface area contributed by atoms with E-state index in [2.05, 4.69) is 51.8 Å². The Morgan fingerprint density at radius 2 is 1.04 bits per heavy atom. The molecule has 0 aliphatic carbocycles. The third-order valence-corrected chi connectivity index (χ3v) is 9.33. The summed E-state index contributed by atoms with van der Waals surface area (Å²) in [6, 6.07) is 2.68. The molecule has 0 radical (unpaired) electrons. The van der Waals surface area contributed by atoms with Gasteiger partial charge in [0.05, 0.1) is 0 Å². The second-order valence-electron chi connectivity index (χ2n) is 9.03. The molecule has 0 aromatic heterocycles. The summed E-state index contributed by atoms with van der Waals surface area (Å²) in [6.45, 7) is 18.4. The molecule has 0 bridgehead atoms. The third-order valence-electron chi connectivity index (χ3n) is 3.25. The molecule has 8 heteroatoms. The molecule has 0 heterocycles. The average molecular weight is 389 g/mol. The number of carbonyl (C=O) groups excluding carboxylic acids is 2. The fourth-order valence-electron chi connectivity index (χ4n) is 3.18. The van der Waals surface area contributed by atoms with Crippen LogP contribution in [0.15, 0.2) is 10.2 Å². The standard InChI is InChI=1S/C17H36N2O4Si2/c1-13(2)10-25(11-14(3)4,12-15(5)6)23-17(21)19-18-16(20)22-24(7,8)9/h13-15H,10-12H2,1-9H3. The van der Waals surface area contributed by atoms with E-state index < -0.39 is 28.8 Å².